The Balaban J connectivity index is 1.86. The molecule has 1 aromatic heterocycles. The number of carbonyl (C=O) groups is 3. The molecule has 0 N–H and O–H groups in total. The molecule has 0 aliphatic carbocycles. The predicted molar refractivity (Wildman–Crippen MR) is 116 cm³/mol. The van der Waals surface area contributed by atoms with Crippen molar-refractivity contribution < 1.29 is 23.9 Å². The van der Waals surface area contributed by atoms with E-state index in [9.17, 15) is 14.4 Å². The standard InChI is InChI=1S/C22H24N2O5S/c1-5-28-18-9-7-17(8-10-18)24-14(3)11-16(15(24)4)12-19-21(26)23(22(27)30-19)13-20(25)29-6-2/h7-12H,5-6,13H2,1-4H3/b19-12+. The van der Waals surface area contributed by atoms with Gasteiger partial charge < -0.3 is 14.0 Å². The lowest BCUT2D eigenvalue weighted by molar-refractivity contribution is -0.145. The molecule has 1 aromatic carbocycles. The van der Waals surface area contributed by atoms with Crippen molar-refractivity contribution in [2.24, 2.45) is 0 Å². The van der Waals surface area contributed by atoms with Gasteiger partial charge in [0, 0.05) is 17.1 Å². The molecular weight excluding hydrogens is 404 g/mol. The van der Waals surface area contributed by atoms with E-state index in [0.29, 0.717) is 6.61 Å². The molecule has 0 unspecified atom stereocenters. The third kappa shape index (κ3) is 4.43. The number of hydrogen-bond donors (Lipinski definition) is 0. The second-order valence-corrected chi connectivity index (χ2v) is 7.65. The highest BCUT2D eigenvalue weighted by Gasteiger charge is 2.36. The Morgan fingerprint density at radius 3 is 2.43 bits per heavy atom. The predicted octanol–water partition coefficient (Wildman–Crippen LogP) is 4.09. The molecule has 0 saturated carbocycles. The average Bonchev–Trinajstić information content (AvgIpc) is 3.13. The van der Waals surface area contributed by atoms with E-state index >= 15 is 0 Å². The molecule has 1 aliphatic heterocycles. The van der Waals surface area contributed by atoms with Crippen LogP contribution in [0.15, 0.2) is 35.2 Å². The molecule has 0 atom stereocenters. The Morgan fingerprint density at radius 1 is 1.10 bits per heavy atom. The zero-order valence-electron chi connectivity index (χ0n) is 17.4. The van der Waals surface area contributed by atoms with Crippen molar-refractivity contribution >= 4 is 35.0 Å². The van der Waals surface area contributed by atoms with Crippen LogP contribution in [0.5, 0.6) is 5.75 Å². The van der Waals surface area contributed by atoms with Gasteiger partial charge >= 0.3 is 5.97 Å². The summed E-state index contributed by atoms with van der Waals surface area (Å²) >= 11 is 0.829. The molecule has 0 radical (unpaired) electrons. The summed E-state index contributed by atoms with van der Waals surface area (Å²) in [4.78, 5) is 37.7. The monoisotopic (exact) mass is 428 g/mol. The Labute approximate surface area is 179 Å². The molecule has 8 heteroatoms. The Morgan fingerprint density at radius 2 is 1.80 bits per heavy atom. The van der Waals surface area contributed by atoms with E-state index in [0.717, 1.165) is 45.1 Å². The fourth-order valence-corrected chi connectivity index (χ4v) is 4.13. The van der Waals surface area contributed by atoms with E-state index in [-0.39, 0.29) is 18.1 Å². The molecule has 1 aliphatic rings. The van der Waals surface area contributed by atoms with Crippen LogP contribution < -0.4 is 4.74 Å². The normalized spacial score (nSPS) is 15.2. The van der Waals surface area contributed by atoms with Gasteiger partial charge in [-0.25, -0.2) is 0 Å². The number of carbonyl (C=O) groups excluding carboxylic acids is 3. The summed E-state index contributed by atoms with van der Waals surface area (Å²) < 4.78 is 12.4. The molecular formula is C22H24N2O5S. The first-order valence-corrected chi connectivity index (χ1v) is 10.5. The third-order valence-electron chi connectivity index (χ3n) is 4.63. The molecule has 158 valence electrons. The third-order valence-corrected chi connectivity index (χ3v) is 5.54. The van der Waals surface area contributed by atoms with Crippen molar-refractivity contribution in [3.05, 3.63) is 52.2 Å². The molecule has 2 heterocycles. The van der Waals surface area contributed by atoms with Crippen molar-refractivity contribution in [3.8, 4) is 11.4 Å². The van der Waals surface area contributed by atoms with Crippen LogP contribution in [-0.2, 0) is 14.3 Å². The second kappa shape index (κ2) is 9.21. The summed E-state index contributed by atoms with van der Waals surface area (Å²) in [6.07, 6.45) is 1.70. The van der Waals surface area contributed by atoms with Crippen LogP contribution in [0.3, 0.4) is 0 Å². The fourth-order valence-electron chi connectivity index (χ4n) is 3.30. The number of thioether (sulfide) groups is 1. The largest absolute Gasteiger partial charge is 0.494 e. The lowest BCUT2D eigenvalue weighted by atomic mass is 10.2. The molecule has 1 fully saturated rings. The summed E-state index contributed by atoms with van der Waals surface area (Å²) in [5.41, 5.74) is 3.74. The number of benzene rings is 1. The molecule has 0 spiro atoms. The molecule has 30 heavy (non-hydrogen) atoms. The van der Waals surface area contributed by atoms with Gasteiger partial charge in [0.05, 0.1) is 18.1 Å². The molecule has 7 nitrogen and oxygen atoms in total. The summed E-state index contributed by atoms with van der Waals surface area (Å²) in [6.45, 7) is 7.98. The van der Waals surface area contributed by atoms with Gasteiger partial charge in [0.15, 0.2) is 0 Å². The minimum Gasteiger partial charge on any atom is -0.494 e. The maximum Gasteiger partial charge on any atom is 0.326 e. The van der Waals surface area contributed by atoms with E-state index in [1.165, 1.54) is 0 Å². The quantitative estimate of drug-likeness (QED) is 0.488. The summed E-state index contributed by atoms with van der Waals surface area (Å²) in [5, 5.41) is -0.473. The number of nitrogens with zero attached hydrogens (tertiary/aromatic N) is 2. The topological polar surface area (TPSA) is 77.8 Å². The minimum atomic E-state index is -0.602. The first-order valence-electron chi connectivity index (χ1n) is 9.68. The Bertz CT molecular complexity index is 1010. The Kier molecular flexibility index (Phi) is 6.66. The van der Waals surface area contributed by atoms with Crippen molar-refractivity contribution in [2.75, 3.05) is 19.8 Å². The number of imide groups is 1. The fraction of sp³-hybridized carbons (Fsp3) is 0.318. The highest BCUT2D eigenvalue weighted by Crippen LogP contribution is 2.33. The Hall–Kier alpha value is -3.00. The lowest BCUT2D eigenvalue weighted by Gasteiger charge is -2.11. The maximum atomic E-state index is 12.6. The van der Waals surface area contributed by atoms with Crippen LogP contribution in [0.25, 0.3) is 11.8 Å². The van der Waals surface area contributed by atoms with Crippen LogP contribution in [-0.4, -0.2) is 46.3 Å². The lowest BCUT2D eigenvalue weighted by Crippen LogP contribution is -2.34. The van der Waals surface area contributed by atoms with Gasteiger partial charge in [0.2, 0.25) is 0 Å². The van der Waals surface area contributed by atoms with Gasteiger partial charge in [0.25, 0.3) is 11.1 Å². The van der Waals surface area contributed by atoms with Crippen molar-refractivity contribution in [1.82, 2.24) is 9.47 Å². The SMILES string of the molecule is CCOC(=O)CN1C(=O)S/C(=C/c2cc(C)n(-c3ccc(OCC)cc3)c2C)C1=O. The highest BCUT2D eigenvalue weighted by molar-refractivity contribution is 8.18. The minimum absolute atomic E-state index is 0.197. The van der Waals surface area contributed by atoms with Gasteiger partial charge in [-0.15, -0.1) is 0 Å². The van der Waals surface area contributed by atoms with Crippen molar-refractivity contribution in [3.63, 3.8) is 0 Å². The number of esters is 1. The van der Waals surface area contributed by atoms with E-state index in [1.54, 1.807) is 13.0 Å². The maximum absolute atomic E-state index is 12.6. The molecule has 2 amide bonds. The van der Waals surface area contributed by atoms with E-state index < -0.39 is 17.1 Å². The molecule has 3 rings (SSSR count). The summed E-state index contributed by atoms with van der Waals surface area (Å²) in [6, 6.07) is 9.74. The first-order chi connectivity index (χ1) is 14.3. The molecule has 2 aromatic rings. The molecule has 1 saturated heterocycles. The first kappa shape index (κ1) is 21.7. The zero-order valence-corrected chi connectivity index (χ0v) is 18.2. The number of hydrogen-bond acceptors (Lipinski definition) is 6. The van der Waals surface area contributed by atoms with Crippen LogP contribution in [0.1, 0.15) is 30.8 Å². The van der Waals surface area contributed by atoms with E-state index in [1.807, 2.05) is 51.1 Å². The van der Waals surface area contributed by atoms with Gasteiger partial charge in [-0.1, -0.05) is 0 Å². The number of aryl methyl sites for hydroxylation is 1. The highest BCUT2D eigenvalue weighted by atomic mass is 32.2. The number of rotatable bonds is 7. The molecule has 0 bridgehead atoms. The van der Waals surface area contributed by atoms with Crippen LogP contribution in [0.4, 0.5) is 4.79 Å². The van der Waals surface area contributed by atoms with Crippen LogP contribution >= 0.6 is 11.8 Å². The summed E-state index contributed by atoms with van der Waals surface area (Å²) in [5.74, 6) is -0.280. The smallest absolute Gasteiger partial charge is 0.326 e. The van der Waals surface area contributed by atoms with E-state index in [4.69, 9.17) is 9.47 Å². The average molecular weight is 429 g/mol. The van der Waals surface area contributed by atoms with Gasteiger partial charge in [0.1, 0.15) is 12.3 Å². The summed E-state index contributed by atoms with van der Waals surface area (Å²) in [7, 11) is 0. The van der Waals surface area contributed by atoms with E-state index in [2.05, 4.69) is 4.57 Å². The van der Waals surface area contributed by atoms with Crippen molar-refractivity contribution in [2.45, 2.75) is 27.7 Å². The van der Waals surface area contributed by atoms with Gasteiger partial charge in [-0.2, -0.15) is 0 Å². The van der Waals surface area contributed by atoms with Crippen LogP contribution in [0.2, 0.25) is 0 Å². The van der Waals surface area contributed by atoms with Gasteiger partial charge in [-0.05, 0) is 81.4 Å². The van der Waals surface area contributed by atoms with Crippen molar-refractivity contribution in [1.29, 1.82) is 0 Å². The van der Waals surface area contributed by atoms with Crippen LogP contribution in [0, 0.1) is 13.8 Å². The number of ether oxygens (including phenoxy) is 2. The number of amides is 2. The number of aromatic nitrogens is 1. The second-order valence-electron chi connectivity index (χ2n) is 6.66. The zero-order chi connectivity index (χ0) is 21.8. The van der Waals surface area contributed by atoms with Gasteiger partial charge in [-0.3, -0.25) is 19.3 Å².